The van der Waals surface area contributed by atoms with Gasteiger partial charge in [-0.3, -0.25) is 0 Å². The molecule has 6 heteroatoms. The van der Waals surface area contributed by atoms with Gasteiger partial charge in [-0.1, -0.05) is 37.9 Å². The monoisotopic (exact) mass is 604 g/mol. The molecular formula is C39H40O6. The predicted octanol–water partition coefficient (Wildman–Crippen LogP) is 8.54. The van der Waals surface area contributed by atoms with E-state index in [4.69, 9.17) is 28.4 Å². The second kappa shape index (κ2) is 14.8. The van der Waals surface area contributed by atoms with Crippen molar-refractivity contribution in [1.29, 1.82) is 0 Å². The zero-order valence-corrected chi connectivity index (χ0v) is 26.2. The Kier molecular flexibility index (Phi) is 10.4. The van der Waals surface area contributed by atoms with Crippen LogP contribution in [0.15, 0.2) is 110 Å². The van der Waals surface area contributed by atoms with E-state index in [-0.39, 0.29) is 12.2 Å². The van der Waals surface area contributed by atoms with Crippen molar-refractivity contribution in [3.05, 3.63) is 143 Å². The standard InChI is InChI=1S/C39H40O6/c1-7-32(40-22-38-24-42-38)16-29-20-36(14-11-27(29)5)45-34(9-3)18-31-21-37(15-12-28(31)6)44-33(8-2)17-30-19-35(13-10-26(30)4)41-23-39-25-43-39/h7-21,38-39H,1-3,22-25H2,4-6H3/b32-16+,33-17+,34-18+. The minimum atomic E-state index is 0.171. The van der Waals surface area contributed by atoms with Gasteiger partial charge in [-0.25, -0.2) is 0 Å². The van der Waals surface area contributed by atoms with Gasteiger partial charge in [0.25, 0.3) is 0 Å². The van der Waals surface area contributed by atoms with Crippen LogP contribution < -0.4 is 14.2 Å². The number of benzene rings is 3. The molecule has 0 N–H and O–H groups in total. The first-order chi connectivity index (χ1) is 21.8. The van der Waals surface area contributed by atoms with Gasteiger partial charge < -0.3 is 28.4 Å². The fourth-order valence-electron chi connectivity index (χ4n) is 4.40. The zero-order chi connectivity index (χ0) is 31.8. The Morgan fingerprint density at radius 2 is 1.02 bits per heavy atom. The highest BCUT2D eigenvalue weighted by atomic mass is 16.6. The summed E-state index contributed by atoms with van der Waals surface area (Å²) in [5, 5.41) is 0. The van der Waals surface area contributed by atoms with Crippen LogP contribution in [0.5, 0.6) is 17.2 Å². The smallest absolute Gasteiger partial charge is 0.128 e. The number of aryl methyl sites for hydroxylation is 3. The minimum Gasteiger partial charge on any atom is -0.491 e. The molecule has 0 spiro atoms. The van der Waals surface area contributed by atoms with Crippen molar-refractivity contribution in [3.8, 4) is 17.2 Å². The quantitative estimate of drug-likeness (QED) is 0.0928. The number of ether oxygens (including phenoxy) is 6. The van der Waals surface area contributed by atoms with Gasteiger partial charge in [0.1, 0.15) is 59.9 Å². The Hall–Kier alpha value is -4.78. The summed E-state index contributed by atoms with van der Waals surface area (Å²) in [7, 11) is 0. The van der Waals surface area contributed by atoms with Crippen molar-refractivity contribution in [2.45, 2.75) is 33.0 Å². The zero-order valence-electron chi connectivity index (χ0n) is 26.2. The highest BCUT2D eigenvalue weighted by molar-refractivity contribution is 5.63. The molecule has 6 nitrogen and oxygen atoms in total. The molecule has 3 aromatic rings. The minimum absolute atomic E-state index is 0.171. The van der Waals surface area contributed by atoms with Gasteiger partial charge in [0, 0.05) is 0 Å². The van der Waals surface area contributed by atoms with Crippen LogP contribution >= 0.6 is 0 Å². The van der Waals surface area contributed by atoms with Gasteiger partial charge >= 0.3 is 0 Å². The summed E-state index contributed by atoms with van der Waals surface area (Å²) >= 11 is 0. The molecule has 0 radical (unpaired) electrons. The maximum Gasteiger partial charge on any atom is 0.128 e. The van der Waals surface area contributed by atoms with Crippen LogP contribution in [-0.4, -0.2) is 38.6 Å². The van der Waals surface area contributed by atoms with E-state index in [9.17, 15) is 0 Å². The lowest BCUT2D eigenvalue weighted by molar-refractivity contribution is 0.195. The van der Waals surface area contributed by atoms with E-state index in [2.05, 4.69) is 26.7 Å². The Balaban J connectivity index is 1.32. The van der Waals surface area contributed by atoms with Gasteiger partial charge in [-0.15, -0.1) is 0 Å². The van der Waals surface area contributed by atoms with Crippen LogP contribution in [0.4, 0.5) is 0 Å². The van der Waals surface area contributed by atoms with E-state index >= 15 is 0 Å². The Bertz CT molecular complexity index is 1650. The highest BCUT2D eigenvalue weighted by Gasteiger charge is 2.23. The molecule has 2 heterocycles. The first kappa shape index (κ1) is 31.6. The largest absolute Gasteiger partial charge is 0.491 e. The fraction of sp³-hybridized carbons (Fsp3) is 0.231. The van der Waals surface area contributed by atoms with Crippen molar-refractivity contribution in [2.24, 2.45) is 0 Å². The molecule has 0 aliphatic carbocycles. The summed E-state index contributed by atoms with van der Waals surface area (Å²) in [4.78, 5) is 0. The first-order valence-electron chi connectivity index (χ1n) is 15.0. The maximum absolute atomic E-state index is 6.27. The van der Waals surface area contributed by atoms with Crippen molar-refractivity contribution in [3.63, 3.8) is 0 Å². The van der Waals surface area contributed by atoms with Crippen LogP contribution in [-0.2, 0) is 14.2 Å². The van der Waals surface area contributed by atoms with E-state index in [1.54, 1.807) is 18.2 Å². The van der Waals surface area contributed by atoms with Gasteiger partial charge in [0.2, 0.25) is 0 Å². The summed E-state index contributed by atoms with van der Waals surface area (Å²) in [5.41, 5.74) is 6.16. The molecule has 3 aromatic carbocycles. The van der Waals surface area contributed by atoms with Crippen LogP contribution in [0.1, 0.15) is 33.4 Å². The summed E-state index contributed by atoms with van der Waals surface area (Å²) in [6.45, 7) is 20.5. The molecule has 2 fully saturated rings. The summed E-state index contributed by atoms with van der Waals surface area (Å²) in [6, 6.07) is 17.9. The van der Waals surface area contributed by atoms with E-state index < -0.39 is 0 Å². The lowest BCUT2D eigenvalue weighted by Gasteiger charge is -2.13. The number of hydrogen-bond acceptors (Lipinski definition) is 6. The van der Waals surface area contributed by atoms with Gasteiger partial charge in [-0.05, 0) is 127 Å². The molecule has 0 aromatic heterocycles. The second-order valence-electron chi connectivity index (χ2n) is 11.0. The van der Waals surface area contributed by atoms with Crippen molar-refractivity contribution < 1.29 is 28.4 Å². The van der Waals surface area contributed by atoms with Crippen LogP contribution in [0.2, 0.25) is 0 Å². The van der Waals surface area contributed by atoms with E-state index in [0.717, 1.165) is 52.3 Å². The number of allylic oxidation sites excluding steroid dienone is 3. The van der Waals surface area contributed by atoms with Crippen LogP contribution in [0.25, 0.3) is 18.2 Å². The molecule has 0 bridgehead atoms. The summed E-state index contributed by atoms with van der Waals surface area (Å²) < 4.78 is 34.7. The summed E-state index contributed by atoms with van der Waals surface area (Å²) in [5.74, 6) is 4.05. The second-order valence-corrected chi connectivity index (χ2v) is 11.0. The number of hydrogen-bond donors (Lipinski definition) is 0. The average Bonchev–Trinajstić information content (AvgIpc) is 3.98. The lowest BCUT2D eigenvalue weighted by atomic mass is 10.1. The van der Waals surface area contributed by atoms with E-state index in [0.29, 0.717) is 42.0 Å². The number of epoxide rings is 2. The Morgan fingerprint density at radius 1 is 0.622 bits per heavy atom. The molecule has 45 heavy (non-hydrogen) atoms. The predicted molar refractivity (Wildman–Crippen MR) is 180 cm³/mol. The van der Waals surface area contributed by atoms with Gasteiger partial charge in [0.15, 0.2) is 0 Å². The SMILES string of the molecule is C=C/C(=C\c1cc(O/C(C=C)=C/c2cc(O/C(C=C)=C/c3cc(OCC4CO4)ccc3C)ccc2C)ccc1C)OCC1CO1. The lowest BCUT2D eigenvalue weighted by Crippen LogP contribution is -2.04. The third-order valence-corrected chi connectivity index (χ3v) is 7.40. The molecule has 232 valence electrons. The molecule has 0 saturated carbocycles. The molecule has 2 aliphatic rings. The average molecular weight is 605 g/mol. The fourth-order valence-corrected chi connectivity index (χ4v) is 4.40. The molecule has 2 aliphatic heterocycles. The maximum atomic E-state index is 6.27. The van der Waals surface area contributed by atoms with Crippen LogP contribution in [0.3, 0.4) is 0 Å². The van der Waals surface area contributed by atoms with E-state index in [1.807, 2.05) is 86.7 Å². The molecule has 2 atom stereocenters. The molecule has 2 saturated heterocycles. The van der Waals surface area contributed by atoms with Crippen molar-refractivity contribution >= 4 is 18.2 Å². The first-order valence-corrected chi connectivity index (χ1v) is 15.0. The van der Waals surface area contributed by atoms with Gasteiger partial charge in [-0.2, -0.15) is 0 Å². The molecule has 5 rings (SSSR count). The molecular weight excluding hydrogens is 564 g/mol. The normalized spacial score (nSPS) is 17.7. The van der Waals surface area contributed by atoms with Crippen molar-refractivity contribution in [1.82, 2.24) is 0 Å². The topological polar surface area (TPSA) is 62.0 Å². The number of rotatable bonds is 16. The van der Waals surface area contributed by atoms with Crippen molar-refractivity contribution in [2.75, 3.05) is 26.4 Å². The third kappa shape index (κ3) is 9.35. The van der Waals surface area contributed by atoms with E-state index in [1.165, 1.54) is 0 Å². The Morgan fingerprint density at radius 3 is 1.47 bits per heavy atom. The highest BCUT2D eigenvalue weighted by Crippen LogP contribution is 2.27. The Labute approximate surface area is 266 Å². The molecule has 0 amide bonds. The van der Waals surface area contributed by atoms with Crippen LogP contribution in [0, 0.1) is 20.8 Å². The third-order valence-electron chi connectivity index (χ3n) is 7.40. The van der Waals surface area contributed by atoms with Gasteiger partial charge in [0.05, 0.1) is 13.2 Å². The summed E-state index contributed by atoms with van der Waals surface area (Å²) in [6.07, 6.45) is 11.3. The molecule has 2 unspecified atom stereocenters.